The molecule has 1 saturated heterocycles. The Kier molecular flexibility index (Phi) is 7.06. The topological polar surface area (TPSA) is 69.7 Å². The molecule has 0 aromatic heterocycles. The number of piperidine rings is 1. The van der Waals surface area contributed by atoms with Crippen LogP contribution in [0.25, 0.3) is 0 Å². The number of nitrogens with zero attached hydrogens (tertiary/aromatic N) is 2. The van der Waals surface area contributed by atoms with Crippen LogP contribution >= 0.6 is 0 Å². The van der Waals surface area contributed by atoms with Crippen LogP contribution in [0.15, 0.2) is 18.2 Å². The lowest BCUT2D eigenvalue weighted by Gasteiger charge is -2.29. The molecule has 146 valence electrons. The average Bonchev–Trinajstić information content (AvgIpc) is 2.52. The number of amides is 1. The van der Waals surface area contributed by atoms with Crippen LogP contribution in [-0.4, -0.2) is 58.7 Å². The number of hydrogen-bond donors (Lipinski definition) is 1. The Morgan fingerprint density at radius 3 is 2.31 bits per heavy atom. The molecule has 0 spiro atoms. The molecule has 2 rings (SSSR count). The lowest BCUT2D eigenvalue weighted by atomic mass is 9.94. The van der Waals surface area contributed by atoms with Crippen molar-refractivity contribution < 1.29 is 13.2 Å². The number of likely N-dealkylation sites (tertiary alicyclic amines) is 1. The van der Waals surface area contributed by atoms with Gasteiger partial charge in [0.2, 0.25) is 15.9 Å². The van der Waals surface area contributed by atoms with Crippen LogP contribution in [0, 0.1) is 19.8 Å². The summed E-state index contributed by atoms with van der Waals surface area (Å²) in [6, 6.07) is 5.56. The van der Waals surface area contributed by atoms with Crippen molar-refractivity contribution in [2.75, 3.05) is 43.8 Å². The highest BCUT2D eigenvalue weighted by atomic mass is 32.2. The van der Waals surface area contributed by atoms with E-state index in [9.17, 15) is 13.2 Å². The monoisotopic (exact) mass is 381 g/mol. The van der Waals surface area contributed by atoms with Crippen molar-refractivity contribution in [2.45, 2.75) is 33.1 Å². The maximum atomic E-state index is 12.3. The van der Waals surface area contributed by atoms with Gasteiger partial charge >= 0.3 is 0 Å². The molecule has 1 amide bonds. The minimum atomic E-state index is -3.53. The van der Waals surface area contributed by atoms with E-state index >= 15 is 0 Å². The lowest BCUT2D eigenvalue weighted by molar-refractivity contribution is -0.119. The first kappa shape index (κ1) is 20.7. The Hall–Kier alpha value is -1.60. The molecular formula is C19H31N3O3S. The third-order valence-electron chi connectivity index (χ3n) is 4.89. The number of sulfonamides is 1. The minimum absolute atomic E-state index is 0.185. The Bertz CT molecular complexity index is 705. The second kappa shape index (κ2) is 8.86. The fraction of sp³-hybridized carbons (Fsp3) is 0.632. The van der Waals surface area contributed by atoms with Crippen LogP contribution in [0.1, 0.15) is 30.4 Å². The van der Waals surface area contributed by atoms with Crippen molar-refractivity contribution in [3.05, 3.63) is 29.3 Å². The largest absolute Gasteiger partial charge is 0.355 e. The van der Waals surface area contributed by atoms with Gasteiger partial charge in [0.15, 0.2) is 0 Å². The molecule has 1 aromatic carbocycles. The van der Waals surface area contributed by atoms with E-state index in [-0.39, 0.29) is 12.5 Å². The number of anilines is 1. The van der Waals surface area contributed by atoms with Gasteiger partial charge in [-0.3, -0.25) is 9.10 Å². The Morgan fingerprint density at radius 2 is 1.77 bits per heavy atom. The third-order valence-corrected chi connectivity index (χ3v) is 6.04. The molecule has 1 aliphatic rings. The smallest absolute Gasteiger partial charge is 0.240 e. The average molecular weight is 382 g/mol. The maximum absolute atomic E-state index is 12.3. The fourth-order valence-electron chi connectivity index (χ4n) is 3.45. The predicted molar refractivity (Wildman–Crippen MR) is 106 cm³/mol. The first-order chi connectivity index (χ1) is 12.1. The van der Waals surface area contributed by atoms with Crippen LogP contribution in [0.5, 0.6) is 0 Å². The van der Waals surface area contributed by atoms with Gasteiger partial charge in [-0.1, -0.05) is 6.07 Å². The van der Waals surface area contributed by atoms with Gasteiger partial charge in [-0.2, -0.15) is 0 Å². The van der Waals surface area contributed by atoms with Gasteiger partial charge in [0.25, 0.3) is 0 Å². The van der Waals surface area contributed by atoms with Gasteiger partial charge in [-0.15, -0.1) is 0 Å². The molecule has 0 saturated carbocycles. The highest BCUT2D eigenvalue weighted by Gasteiger charge is 2.22. The molecule has 0 aliphatic carbocycles. The molecule has 26 heavy (non-hydrogen) atoms. The van der Waals surface area contributed by atoms with Gasteiger partial charge in [0.1, 0.15) is 6.54 Å². The van der Waals surface area contributed by atoms with E-state index in [4.69, 9.17) is 0 Å². The second-order valence-corrected chi connectivity index (χ2v) is 9.41. The van der Waals surface area contributed by atoms with E-state index in [0.29, 0.717) is 18.2 Å². The van der Waals surface area contributed by atoms with Crippen molar-refractivity contribution in [1.82, 2.24) is 10.2 Å². The summed E-state index contributed by atoms with van der Waals surface area (Å²) in [7, 11) is -1.40. The van der Waals surface area contributed by atoms with Crippen molar-refractivity contribution in [2.24, 2.45) is 5.92 Å². The van der Waals surface area contributed by atoms with Crippen LogP contribution in [0.2, 0.25) is 0 Å². The number of hydrogen-bond acceptors (Lipinski definition) is 4. The van der Waals surface area contributed by atoms with Crippen LogP contribution in [-0.2, 0) is 14.8 Å². The summed E-state index contributed by atoms with van der Waals surface area (Å²) < 4.78 is 25.5. The molecule has 7 heteroatoms. The Balaban J connectivity index is 1.92. The summed E-state index contributed by atoms with van der Waals surface area (Å²) in [5.41, 5.74) is 2.48. The quantitative estimate of drug-likeness (QED) is 0.783. The van der Waals surface area contributed by atoms with E-state index in [0.717, 1.165) is 49.7 Å². The van der Waals surface area contributed by atoms with Crippen molar-refractivity contribution in [1.29, 1.82) is 0 Å². The summed E-state index contributed by atoms with van der Waals surface area (Å²) in [5.74, 6) is 0.374. The summed E-state index contributed by atoms with van der Waals surface area (Å²) in [6.07, 6.45) is 4.40. The standard InChI is InChI=1S/C19H31N3O3S/c1-15-11-16(2)13-18(12-15)22(26(4,24)25)14-19(23)20-8-5-17-6-9-21(3)10-7-17/h11-13,17H,5-10,14H2,1-4H3,(H,20,23). The number of aryl methyl sites for hydroxylation is 2. The summed E-state index contributed by atoms with van der Waals surface area (Å²) >= 11 is 0. The molecule has 1 N–H and O–H groups in total. The zero-order chi connectivity index (χ0) is 19.3. The Morgan fingerprint density at radius 1 is 1.19 bits per heavy atom. The maximum Gasteiger partial charge on any atom is 0.240 e. The zero-order valence-corrected chi connectivity index (χ0v) is 17.1. The van der Waals surface area contributed by atoms with Gasteiger partial charge in [0.05, 0.1) is 11.9 Å². The normalized spacial score (nSPS) is 16.5. The van der Waals surface area contributed by atoms with Crippen molar-refractivity contribution in [3.8, 4) is 0 Å². The number of carbonyl (C=O) groups is 1. The van der Waals surface area contributed by atoms with E-state index < -0.39 is 10.0 Å². The van der Waals surface area contributed by atoms with Crippen molar-refractivity contribution >= 4 is 21.6 Å². The number of nitrogens with one attached hydrogen (secondary N) is 1. The molecule has 1 aliphatic heterocycles. The molecule has 1 aromatic rings. The summed E-state index contributed by atoms with van der Waals surface area (Å²) in [4.78, 5) is 14.6. The molecule has 0 bridgehead atoms. The lowest BCUT2D eigenvalue weighted by Crippen LogP contribution is -2.41. The van der Waals surface area contributed by atoms with E-state index in [2.05, 4.69) is 17.3 Å². The molecule has 1 heterocycles. The fourth-order valence-corrected chi connectivity index (χ4v) is 4.29. The SMILES string of the molecule is Cc1cc(C)cc(N(CC(=O)NCCC2CCN(C)CC2)S(C)(=O)=O)c1. The molecule has 0 atom stereocenters. The van der Waals surface area contributed by atoms with Crippen molar-refractivity contribution in [3.63, 3.8) is 0 Å². The van der Waals surface area contributed by atoms with E-state index in [1.807, 2.05) is 19.9 Å². The molecular weight excluding hydrogens is 350 g/mol. The van der Waals surface area contributed by atoms with E-state index in [1.54, 1.807) is 12.1 Å². The molecule has 6 nitrogen and oxygen atoms in total. The molecule has 0 unspecified atom stereocenters. The summed E-state index contributed by atoms with van der Waals surface area (Å²) in [5, 5.41) is 2.88. The predicted octanol–water partition coefficient (Wildman–Crippen LogP) is 1.92. The third kappa shape index (κ3) is 6.29. The van der Waals surface area contributed by atoms with Crippen LogP contribution in [0.4, 0.5) is 5.69 Å². The number of carbonyl (C=O) groups excluding carboxylic acids is 1. The van der Waals surface area contributed by atoms with Gasteiger partial charge in [-0.05, 0) is 82.4 Å². The van der Waals surface area contributed by atoms with Gasteiger partial charge in [0, 0.05) is 6.54 Å². The van der Waals surface area contributed by atoms with E-state index in [1.165, 1.54) is 4.31 Å². The first-order valence-corrected chi connectivity index (χ1v) is 11.0. The van der Waals surface area contributed by atoms with Crippen LogP contribution in [0.3, 0.4) is 0 Å². The zero-order valence-electron chi connectivity index (χ0n) is 16.3. The minimum Gasteiger partial charge on any atom is -0.355 e. The number of rotatable bonds is 7. The highest BCUT2D eigenvalue weighted by Crippen LogP contribution is 2.21. The van der Waals surface area contributed by atoms with Gasteiger partial charge in [-0.25, -0.2) is 8.42 Å². The first-order valence-electron chi connectivity index (χ1n) is 9.16. The number of benzene rings is 1. The Labute approximate surface area is 157 Å². The summed E-state index contributed by atoms with van der Waals surface area (Å²) in [6.45, 7) is 6.45. The highest BCUT2D eigenvalue weighted by molar-refractivity contribution is 7.92. The molecule has 1 fully saturated rings. The molecule has 0 radical (unpaired) electrons. The van der Waals surface area contributed by atoms with Crippen LogP contribution < -0.4 is 9.62 Å². The second-order valence-electron chi connectivity index (χ2n) is 7.50. The van der Waals surface area contributed by atoms with Gasteiger partial charge < -0.3 is 10.2 Å².